The van der Waals surface area contributed by atoms with E-state index in [9.17, 15) is 18.0 Å². The molecule has 1 aliphatic heterocycles. The maximum atomic E-state index is 12.6. The number of hydrogen-bond donors (Lipinski definition) is 1. The van der Waals surface area contributed by atoms with Gasteiger partial charge in [-0.25, -0.2) is 8.42 Å². The minimum atomic E-state index is -3.35. The van der Waals surface area contributed by atoms with E-state index in [1.165, 1.54) is 17.7 Å². The lowest BCUT2D eigenvalue weighted by Gasteiger charge is -2.17. The first kappa shape index (κ1) is 19.1. The third-order valence-corrected chi connectivity index (χ3v) is 5.79. The van der Waals surface area contributed by atoms with Crippen molar-refractivity contribution in [2.75, 3.05) is 23.0 Å². The van der Waals surface area contributed by atoms with Crippen LogP contribution in [0.5, 0.6) is 0 Å². The van der Waals surface area contributed by atoms with Crippen LogP contribution in [-0.2, 0) is 25.8 Å². The predicted octanol–water partition coefficient (Wildman–Crippen LogP) is 2.64. The molecule has 7 heteroatoms. The Morgan fingerprint density at radius 1 is 1.19 bits per heavy atom. The largest absolute Gasteiger partial charge is 0.326 e. The third-order valence-electron chi connectivity index (χ3n) is 4.68. The van der Waals surface area contributed by atoms with E-state index in [2.05, 4.69) is 12.2 Å². The van der Waals surface area contributed by atoms with Gasteiger partial charge in [0.2, 0.25) is 11.8 Å². The molecule has 1 aliphatic rings. The van der Waals surface area contributed by atoms with Gasteiger partial charge in [-0.05, 0) is 42.3 Å². The molecule has 3 rings (SSSR count). The van der Waals surface area contributed by atoms with Crippen molar-refractivity contribution in [2.24, 2.45) is 5.92 Å². The normalized spacial score (nSPS) is 17.2. The molecule has 2 aromatic rings. The van der Waals surface area contributed by atoms with E-state index in [1.807, 2.05) is 24.3 Å². The fourth-order valence-corrected chi connectivity index (χ4v) is 3.76. The van der Waals surface area contributed by atoms with Crippen molar-refractivity contribution in [3.8, 4) is 0 Å². The van der Waals surface area contributed by atoms with Gasteiger partial charge in [0, 0.05) is 30.6 Å². The highest BCUT2D eigenvalue weighted by Crippen LogP contribution is 2.27. The smallest absolute Gasteiger partial charge is 0.229 e. The van der Waals surface area contributed by atoms with Crippen LogP contribution in [0.2, 0.25) is 0 Å². The van der Waals surface area contributed by atoms with E-state index < -0.39 is 15.8 Å². The number of hydrogen-bond acceptors (Lipinski definition) is 4. The van der Waals surface area contributed by atoms with Crippen LogP contribution in [0.15, 0.2) is 53.4 Å². The molecule has 1 N–H and O–H groups in total. The van der Waals surface area contributed by atoms with Gasteiger partial charge in [0.05, 0.1) is 10.8 Å². The van der Waals surface area contributed by atoms with E-state index in [1.54, 1.807) is 17.0 Å². The summed E-state index contributed by atoms with van der Waals surface area (Å²) in [4.78, 5) is 26.7. The molecule has 1 saturated heterocycles. The standard InChI is InChI=1S/C20H22N2O4S/c1-3-14-7-9-17(10-8-14)22-13-15(11-19(22)23)20(24)21-16-5-4-6-18(12-16)27(2,25)26/h4-10,12,15H,3,11,13H2,1-2H3,(H,21,24)/t15-/m1/s1. The molecular formula is C20H22N2O4S. The second-order valence-electron chi connectivity index (χ2n) is 6.71. The zero-order chi connectivity index (χ0) is 19.6. The summed E-state index contributed by atoms with van der Waals surface area (Å²) in [6.07, 6.45) is 2.17. The minimum Gasteiger partial charge on any atom is -0.326 e. The van der Waals surface area contributed by atoms with Crippen LogP contribution in [0, 0.1) is 5.92 Å². The van der Waals surface area contributed by atoms with Crippen LogP contribution in [-0.4, -0.2) is 33.0 Å². The van der Waals surface area contributed by atoms with E-state index in [0.29, 0.717) is 12.2 Å². The van der Waals surface area contributed by atoms with Crippen molar-refractivity contribution in [1.29, 1.82) is 0 Å². The van der Waals surface area contributed by atoms with Crippen LogP contribution in [0.4, 0.5) is 11.4 Å². The Bertz CT molecular complexity index is 968. The van der Waals surface area contributed by atoms with Crippen molar-refractivity contribution in [3.63, 3.8) is 0 Å². The van der Waals surface area contributed by atoms with Crippen LogP contribution in [0.3, 0.4) is 0 Å². The van der Waals surface area contributed by atoms with E-state index in [0.717, 1.165) is 18.4 Å². The monoisotopic (exact) mass is 386 g/mol. The summed E-state index contributed by atoms with van der Waals surface area (Å²) in [7, 11) is -3.35. The number of rotatable bonds is 5. The molecule has 0 bridgehead atoms. The number of benzene rings is 2. The number of sulfone groups is 1. The van der Waals surface area contributed by atoms with Crippen molar-refractivity contribution in [3.05, 3.63) is 54.1 Å². The molecule has 142 valence electrons. The lowest BCUT2D eigenvalue weighted by molar-refractivity contribution is -0.122. The number of anilines is 2. The van der Waals surface area contributed by atoms with Crippen molar-refractivity contribution in [1.82, 2.24) is 0 Å². The number of carbonyl (C=O) groups excluding carboxylic acids is 2. The van der Waals surface area contributed by atoms with Crippen LogP contribution in [0.1, 0.15) is 18.9 Å². The first-order valence-corrected chi connectivity index (χ1v) is 10.7. The van der Waals surface area contributed by atoms with E-state index >= 15 is 0 Å². The van der Waals surface area contributed by atoms with Crippen molar-refractivity contribution >= 4 is 33.0 Å². The lowest BCUT2D eigenvalue weighted by Crippen LogP contribution is -2.28. The number of carbonyl (C=O) groups is 2. The maximum Gasteiger partial charge on any atom is 0.229 e. The number of nitrogens with zero attached hydrogens (tertiary/aromatic N) is 1. The molecular weight excluding hydrogens is 364 g/mol. The van der Waals surface area contributed by atoms with Crippen LogP contribution >= 0.6 is 0 Å². The molecule has 0 unspecified atom stereocenters. The van der Waals surface area contributed by atoms with Gasteiger partial charge in [0.25, 0.3) is 0 Å². The molecule has 2 aromatic carbocycles. The Labute approximate surface area is 159 Å². The van der Waals surface area contributed by atoms with Gasteiger partial charge in [-0.15, -0.1) is 0 Å². The Morgan fingerprint density at radius 3 is 2.52 bits per heavy atom. The summed E-state index contributed by atoms with van der Waals surface area (Å²) >= 11 is 0. The van der Waals surface area contributed by atoms with Gasteiger partial charge >= 0.3 is 0 Å². The molecule has 2 amide bonds. The Hall–Kier alpha value is -2.67. The summed E-state index contributed by atoms with van der Waals surface area (Å²) in [6, 6.07) is 13.9. The van der Waals surface area contributed by atoms with Gasteiger partial charge in [-0.2, -0.15) is 0 Å². The molecule has 0 aromatic heterocycles. The molecule has 1 atom stereocenters. The second kappa shape index (κ2) is 7.52. The molecule has 0 saturated carbocycles. The zero-order valence-corrected chi connectivity index (χ0v) is 16.1. The average Bonchev–Trinajstić information content (AvgIpc) is 3.03. The summed E-state index contributed by atoms with van der Waals surface area (Å²) in [6.45, 7) is 2.37. The highest BCUT2D eigenvalue weighted by Gasteiger charge is 2.35. The first-order valence-electron chi connectivity index (χ1n) is 8.78. The topological polar surface area (TPSA) is 83.6 Å². The highest BCUT2D eigenvalue weighted by molar-refractivity contribution is 7.90. The fourth-order valence-electron chi connectivity index (χ4n) is 3.09. The number of aryl methyl sites for hydroxylation is 1. The van der Waals surface area contributed by atoms with Crippen LogP contribution < -0.4 is 10.2 Å². The average molecular weight is 386 g/mol. The third kappa shape index (κ3) is 4.36. The van der Waals surface area contributed by atoms with Gasteiger partial charge in [0.15, 0.2) is 9.84 Å². The predicted molar refractivity (Wildman–Crippen MR) is 104 cm³/mol. The lowest BCUT2D eigenvalue weighted by atomic mass is 10.1. The molecule has 0 radical (unpaired) electrons. The molecule has 6 nitrogen and oxygen atoms in total. The van der Waals surface area contributed by atoms with Gasteiger partial charge in [-0.3, -0.25) is 9.59 Å². The van der Waals surface area contributed by atoms with E-state index in [4.69, 9.17) is 0 Å². The molecule has 27 heavy (non-hydrogen) atoms. The molecule has 1 fully saturated rings. The fraction of sp³-hybridized carbons (Fsp3) is 0.300. The molecule has 1 heterocycles. The number of amides is 2. The van der Waals surface area contributed by atoms with Gasteiger partial charge in [-0.1, -0.05) is 25.1 Å². The maximum absolute atomic E-state index is 12.6. The van der Waals surface area contributed by atoms with Gasteiger partial charge < -0.3 is 10.2 Å². The summed E-state index contributed by atoms with van der Waals surface area (Å²) < 4.78 is 23.3. The highest BCUT2D eigenvalue weighted by atomic mass is 32.2. The number of nitrogens with one attached hydrogen (secondary N) is 1. The van der Waals surface area contributed by atoms with Crippen molar-refractivity contribution in [2.45, 2.75) is 24.7 Å². The quantitative estimate of drug-likeness (QED) is 0.856. The summed E-state index contributed by atoms with van der Waals surface area (Å²) in [5.74, 6) is -0.865. The first-order chi connectivity index (χ1) is 12.8. The van der Waals surface area contributed by atoms with Crippen molar-refractivity contribution < 1.29 is 18.0 Å². The van der Waals surface area contributed by atoms with Gasteiger partial charge in [0.1, 0.15) is 0 Å². The van der Waals surface area contributed by atoms with E-state index in [-0.39, 0.29) is 23.1 Å². The zero-order valence-electron chi connectivity index (χ0n) is 15.3. The Kier molecular flexibility index (Phi) is 5.32. The van der Waals surface area contributed by atoms with Crippen LogP contribution in [0.25, 0.3) is 0 Å². The molecule has 0 spiro atoms. The summed E-state index contributed by atoms with van der Waals surface area (Å²) in [5.41, 5.74) is 2.37. The summed E-state index contributed by atoms with van der Waals surface area (Å²) in [5, 5.41) is 2.72. The minimum absolute atomic E-state index is 0.0933. The Morgan fingerprint density at radius 2 is 1.89 bits per heavy atom. The SMILES string of the molecule is CCc1ccc(N2C[C@H](C(=O)Nc3cccc(S(C)(=O)=O)c3)CC2=O)cc1. The molecule has 0 aliphatic carbocycles. The second-order valence-corrected chi connectivity index (χ2v) is 8.73. The Balaban J connectivity index is 1.70.